The van der Waals surface area contributed by atoms with Crippen LogP contribution in [0, 0.1) is 5.92 Å². The SMILES string of the molecule is CC(C)CC[C@@H](N)c1cc(O)ccc1O.Cl. The summed E-state index contributed by atoms with van der Waals surface area (Å²) in [6.45, 7) is 4.27. The predicted octanol–water partition coefficient (Wildman–Crippen LogP) is 2.96. The number of benzene rings is 1. The van der Waals surface area contributed by atoms with E-state index in [1.165, 1.54) is 18.2 Å². The third-order valence-electron chi connectivity index (χ3n) is 2.47. The van der Waals surface area contributed by atoms with Crippen molar-refractivity contribution in [1.82, 2.24) is 0 Å². The minimum absolute atomic E-state index is 0. The van der Waals surface area contributed by atoms with Gasteiger partial charge < -0.3 is 15.9 Å². The molecule has 1 rings (SSSR count). The average Bonchev–Trinajstić information content (AvgIpc) is 2.18. The summed E-state index contributed by atoms with van der Waals surface area (Å²) in [4.78, 5) is 0. The molecule has 1 aromatic rings. The molecular weight excluding hydrogens is 226 g/mol. The third-order valence-corrected chi connectivity index (χ3v) is 2.47. The Morgan fingerprint density at radius 1 is 1.19 bits per heavy atom. The Kier molecular flexibility index (Phi) is 6.22. The van der Waals surface area contributed by atoms with Crippen LogP contribution in [0.4, 0.5) is 0 Å². The van der Waals surface area contributed by atoms with Gasteiger partial charge in [0.15, 0.2) is 0 Å². The van der Waals surface area contributed by atoms with E-state index in [0.717, 1.165) is 12.8 Å². The van der Waals surface area contributed by atoms with Gasteiger partial charge in [0.05, 0.1) is 0 Å². The van der Waals surface area contributed by atoms with Crippen molar-refractivity contribution in [3.8, 4) is 11.5 Å². The number of rotatable bonds is 4. The van der Waals surface area contributed by atoms with Crippen LogP contribution in [0.25, 0.3) is 0 Å². The van der Waals surface area contributed by atoms with Crippen molar-refractivity contribution < 1.29 is 10.2 Å². The lowest BCUT2D eigenvalue weighted by atomic mass is 9.97. The summed E-state index contributed by atoms with van der Waals surface area (Å²) in [5, 5.41) is 18.9. The first-order valence-corrected chi connectivity index (χ1v) is 5.28. The number of aromatic hydroxyl groups is 2. The van der Waals surface area contributed by atoms with Crippen LogP contribution in [0.15, 0.2) is 18.2 Å². The van der Waals surface area contributed by atoms with Crippen molar-refractivity contribution >= 4 is 12.4 Å². The van der Waals surface area contributed by atoms with Crippen molar-refractivity contribution in [2.45, 2.75) is 32.7 Å². The van der Waals surface area contributed by atoms with E-state index >= 15 is 0 Å². The van der Waals surface area contributed by atoms with Crippen molar-refractivity contribution in [2.24, 2.45) is 11.7 Å². The molecule has 0 aliphatic heterocycles. The number of halogens is 1. The molecule has 0 radical (unpaired) electrons. The smallest absolute Gasteiger partial charge is 0.120 e. The minimum Gasteiger partial charge on any atom is -0.508 e. The molecule has 1 aromatic carbocycles. The Morgan fingerprint density at radius 2 is 1.81 bits per heavy atom. The van der Waals surface area contributed by atoms with Gasteiger partial charge in [-0.3, -0.25) is 0 Å². The molecule has 0 amide bonds. The summed E-state index contributed by atoms with van der Waals surface area (Å²) >= 11 is 0. The van der Waals surface area contributed by atoms with Gasteiger partial charge in [0.2, 0.25) is 0 Å². The first kappa shape index (κ1) is 15.1. The maximum absolute atomic E-state index is 9.58. The fourth-order valence-corrected chi connectivity index (χ4v) is 1.51. The second-order valence-electron chi connectivity index (χ2n) is 4.32. The molecule has 0 spiro atoms. The Morgan fingerprint density at radius 3 is 2.38 bits per heavy atom. The molecule has 16 heavy (non-hydrogen) atoms. The quantitative estimate of drug-likeness (QED) is 0.715. The molecule has 0 fully saturated rings. The number of phenolic OH excluding ortho intramolecular Hbond substituents is 2. The van der Waals surface area contributed by atoms with Crippen LogP contribution in [-0.4, -0.2) is 10.2 Å². The Bertz CT molecular complexity index is 329. The van der Waals surface area contributed by atoms with Gasteiger partial charge in [0.25, 0.3) is 0 Å². The van der Waals surface area contributed by atoms with E-state index in [4.69, 9.17) is 5.73 Å². The largest absolute Gasteiger partial charge is 0.508 e. The van der Waals surface area contributed by atoms with E-state index in [9.17, 15) is 10.2 Å². The minimum atomic E-state index is -0.209. The van der Waals surface area contributed by atoms with Gasteiger partial charge in [-0.2, -0.15) is 0 Å². The standard InChI is InChI=1S/C12H19NO2.ClH/c1-8(2)3-5-11(13)10-7-9(14)4-6-12(10)15;/h4,6-8,11,14-15H,3,5,13H2,1-2H3;1H/t11-;/m1./s1. The summed E-state index contributed by atoms with van der Waals surface area (Å²) in [5.41, 5.74) is 6.56. The van der Waals surface area contributed by atoms with E-state index in [1.54, 1.807) is 0 Å². The molecule has 0 bridgehead atoms. The van der Waals surface area contributed by atoms with E-state index in [1.807, 2.05) is 0 Å². The molecule has 0 aliphatic carbocycles. The molecule has 92 valence electrons. The molecule has 4 N–H and O–H groups in total. The summed E-state index contributed by atoms with van der Waals surface area (Å²) in [6, 6.07) is 4.24. The molecule has 0 saturated carbocycles. The van der Waals surface area contributed by atoms with Crippen LogP contribution in [0.2, 0.25) is 0 Å². The van der Waals surface area contributed by atoms with Crippen molar-refractivity contribution in [2.75, 3.05) is 0 Å². The van der Waals surface area contributed by atoms with Crippen molar-refractivity contribution in [1.29, 1.82) is 0 Å². The van der Waals surface area contributed by atoms with Crippen LogP contribution in [0.5, 0.6) is 11.5 Å². The van der Waals surface area contributed by atoms with E-state index < -0.39 is 0 Å². The molecule has 0 unspecified atom stereocenters. The highest BCUT2D eigenvalue weighted by Gasteiger charge is 2.12. The van der Waals surface area contributed by atoms with E-state index in [2.05, 4.69) is 13.8 Å². The van der Waals surface area contributed by atoms with Gasteiger partial charge >= 0.3 is 0 Å². The topological polar surface area (TPSA) is 66.5 Å². The highest BCUT2D eigenvalue weighted by Crippen LogP contribution is 2.29. The summed E-state index contributed by atoms with van der Waals surface area (Å²) < 4.78 is 0. The maximum Gasteiger partial charge on any atom is 0.120 e. The highest BCUT2D eigenvalue weighted by atomic mass is 35.5. The van der Waals surface area contributed by atoms with Crippen LogP contribution in [0.1, 0.15) is 38.3 Å². The van der Waals surface area contributed by atoms with Gasteiger partial charge in [-0.1, -0.05) is 13.8 Å². The van der Waals surface area contributed by atoms with E-state index in [0.29, 0.717) is 11.5 Å². The lowest BCUT2D eigenvalue weighted by Gasteiger charge is -2.15. The van der Waals surface area contributed by atoms with Crippen LogP contribution in [-0.2, 0) is 0 Å². The zero-order valence-corrected chi connectivity index (χ0v) is 10.5. The first-order chi connectivity index (χ1) is 7.00. The lowest BCUT2D eigenvalue weighted by molar-refractivity contribution is 0.438. The number of phenols is 2. The Balaban J connectivity index is 0.00000225. The predicted molar refractivity (Wildman–Crippen MR) is 68.0 cm³/mol. The van der Waals surface area contributed by atoms with Gasteiger partial charge in [0, 0.05) is 11.6 Å². The Hall–Kier alpha value is -0.930. The van der Waals surface area contributed by atoms with Crippen LogP contribution >= 0.6 is 12.4 Å². The molecule has 0 saturated heterocycles. The van der Waals surface area contributed by atoms with Gasteiger partial charge in [-0.25, -0.2) is 0 Å². The summed E-state index contributed by atoms with van der Waals surface area (Å²) in [6.07, 6.45) is 1.82. The van der Waals surface area contributed by atoms with Gasteiger partial charge in [0.1, 0.15) is 11.5 Å². The normalized spacial score (nSPS) is 12.2. The average molecular weight is 246 g/mol. The number of hydrogen-bond acceptors (Lipinski definition) is 3. The fourth-order valence-electron chi connectivity index (χ4n) is 1.51. The molecule has 3 nitrogen and oxygen atoms in total. The van der Waals surface area contributed by atoms with Gasteiger partial charge in [-0.05, 0) is 37.0 Å². The Labute approximate surface area is 103 Å². The molecule has 0 aliphatic rings. The third kappa shape index (κ3) is 4.29. The molecular formula is C12H20ClNO2. The van der Waals surface area contributed by atoms with Crippen LogP contribution in [0.3, 0.4) is 0 Å². The molecule has 0 aromatic heterocycles. The molecule has 4 heteroatoms. The highest BCUT2D eigenvalue weighted by molar-refractivity contribution is 5.85. The van der Waals surface area contributed by atoms with E-state index in [-0.39, 0.29) is 29.9 Å². The lowest BCUT2D eigenvalue weighted by Crippen LogP contribution is -2.11. The summed E-state index contributed by atoms with van der Waals surface area (Å²) in [7, 11) is 0. The fraction of sp³-hybridized carbons (Fsp3) is 0.500. The zero-order chi connectivity index (χ0) is 11.4. The van der Waals surface area contributed by atoms with Crippen molar-refractivity contribution in [3.05, 3.63) is 23.8 Å². The summed E-state index contributed by atoms with van der Waals surface area (Å²) in [5.74, 6) is 0.891. The second-order valence-corrected chi connectivity index (χ2v) is 4.32. The monoisotopic (exact) mass is 245 g/mol. The van der Waals surface area contributed by atoms with Crippen molar-refractivity contribution in [3.63, 3.8) is 0 Å². The number of hydrogen-bond donors (Lipinski definition) is 3. The molecule has 0 heterocycles. The second kappa shape index (κ2) is 6.61. The number of nitrogens with two attached hydrogens (primary N) is 1. The first-order valence-electron chi connectivity index (χ1n) is 5.28. The zero-order valence-electron chi connectivity index (χ0n) is 9.68. The maximum atomic E-state index is 9.58. The van der Waals surface area contributed by atoms with Gasteiger partial charge in [-0.15, -0.1) is 12.4 Å². The molecule has 1 atom stereocenters. The van der Waals surface area contributed by atoms with Crippen LogP contribution < -0.4 is 5.73 Å².